The molecule has 98 valence electrons. The fourth-order valence-electron chi connectivity index (χ4n) is 2.08. The maximum absolute atomic E-state index is 12.2. The lowest BCUT2D eigenvalue weighted by Gasteiger charge is -2.11. The Morgan fingerprint density at radius 3 is 2.37 bits per heavy atom. The van der Waals surface area contributed by atoms with Crippen LogP contribution in [-0.4, -0.2) is 26.8 Å². The van der Waals surface area contributed by atoms with E-state index >= 15 is 0 Å². The van der Waals surface area contributed by atoms with Crippen LogP contribution < -0.4 is 0 Å². The Balaban J connectivity index is 2.34. The smallest absolute Gasteiger partial charge is 0.207 e. The molecular formula is C14H13NO2S2. The minimum Gasteiger partial charge on any atom is -0.207 e. The second kappa shape index (κ2) is 4.30. The van der Waals surface area contributed by atoms with Crippen LogP contribution in [0.1, 0.15) is 0 Å². The lowest BCUT2D eigenvalue weighted by atomic mass is 10.1. The van der Waals surface area contributed by atoms with Crippen molar-refractivity contribution in [3.63, 3.8) is 0 Å². The molecule has 0 saturated heterocycles. The Morgan fingerprint density at radius 1 is 0.947 bits per heavy atom. The molecule has 5 heteroatoms. The van der Waals surface area contributed by atoms with E-state index in [2.05, 4.69) is 6.07 Å². The third kappa shape index (κ3) is 1.94. The van der Waals surface area contributed by atoms with Gasteiger partial charge in [-0.25, -0.2) is 12.7 Å². The molecule has 3 aromatic rings. The van der Waals surface area contributed by atoms with Crippen LogP contribution in [0.15, 0.2) is 47.4 Å². The second-order valence-corrected chi connectivity index (χ2v) is 7.78. The monoisotopic (exact) mass is 291 g/mol. The lowest BCUT2D eigenvalue weighted by Crippen LogP contribution is -2.22. The molecule has 0 spiro atoms. The average Bonchev–Trinajstić information content (AvgIpc) is 2.76. The third-order valence-corrected chi connectivity index (χ3v) is 6.09. The van der Waals surface area contributed by atoms with Crippen molar-refractivity contribution < 1.29 is 8.42 Å². The molecule has 0 unspecified atom stereocenters. The molecule has 3 nitrogen and oxygen atoms in total. The van der Waals surface area contributed by atoms with Gasteiger partial charge in [0.15, 0.2) is 0 Å². The van der Waals surface area contributed by atoms with E-state index in [0.29, 0.717) is 4.90 Å². The highest BCUT2D eigenvalue weighted by atomic mass is 32.2. The van der Waals surface area contributed by atoms with Crippen molar-refractivity contribution in [2.24, 2.45) is 0 Å². The van der Waals surface area contributed by atoms with Crippen LogP contribution in [0.5, 0.6) is 0 Å². The summed E-state index contributed by atoms with van der Waals surface area (Å²) in [6, 6.07) is 13.4. The number of nitrogens with zero attached hydrogens (tertiary/aromatic N) is 1. The molecule has 0 aliphatic carbocycles. The van der Waals surface area contributed by atoms with E-state index in [4.69, 9.17) is 0 Å². The molecule has 1 heterocycles. The van der Waals surface area contributed by atoms with E-state index in [0.717, 1.165) is 15.5 Å². The first-order chi connectivity index (χ1) is 9.00. The van der Waals surface area contributed by atoms with Crippen molar-refractivity contribution in [3.05, 3.63) is 42.5 Å². The SMILES string of the molecule is CN(C)S(=O)(=O)c1ccc2sc3ccccc3c2c1. The van der Waals surface area contributed by atoms with E-state index in [1.54, 1.807) is 37.6 Å². The van der Waals surface area contributed by atoms with Gasteiger partial charge in [-0.05, 0) is 24.3 Å². The van der Waals surface area contributed by atoms with Crippen LogP contribution >= 0.6 is 11.3 Å². The van der Waals surface area contributed by atoms with Crippen LogP contribution in [0.25, 0.3) is 20.2 Å². The Hall–Kier alpha value is -1.43. The van der Waals surface area contributed by atoms with Crippen molar-refractivity contribution in [1.29, 1.82) is 0 Å². The molecular weight excluding hydrogens is 278 g/mol. The number of thiophene rings is 1. The van der Waals surface area contributed by atoms with Gasteiger partial charge in [0.05, 0.1) is 4.90 Å². The van der Waals surface area contributed by atoms with Gasteiger partial charge in [0.2, 0.25) is 10.0 Å². The normalized spacial score (nSPS) is 12.6. The van der Waals surface area contributed by atoms with Gasteiger partial charge in [-0.2, -0.15) is 0 Å². The highest BCUT2D eigenvalue weighted by Gasteiger charge is 2.18. The zero-order valence-electron chi connectivity index (χ0n) is 10.6. The minimum absolute atomic E-state index is 0.341. The van der Waals surface area contributed by atoms with Gasteiger partial charge >= 0.3 is 0 Å². The summed E-state index contributed by atoms with van der Waals surface area (Å²) in [5, 5.41) is 2.11. The molecule has 0 aliphatic rings. The molecule has 2 aromatic carbocycles. The standard InChI is InChI=1S/C14H13NO2S2/c1-15(2)19(16,17)10-7-8-14-12(9-10)11-5-3-4-6-13(11)18-14/h3-9H,1-2H3. The quantitative estimate of drug-likeness (QED) is 0.726. The van der Waals surface area contributed by atoms with E-state index in [-0.39, 0.29) is 0 Å². The van der Waals surface area contributed by atoms with Crippen LogP contribution in [-0.2, 0) is 10.0 Å². The summed E-state index contributed by atoms with van der Waals surface area (Å²) in [6.07, 6.45) is 0. The maximum atomic E-state index is 12.2. The molecule has 19 heavy (non-hydrogen) atoms. The van der Waals surface area contributed by atoms with E-state index in [9.17, 15) is 8.42 Å². The number of sulfonamides is 1. The number of benzene rings is 2. The number of fused-ring (bicyclic) bond motifs is 3. The van der Waals surface area contributed by atoms with Gasteiger partial charge in [-0.15, -0.1) is 11.3 Å². The summed E-state index contributed by atoms with van der Waals surface area (Å²) in [7, 11) is -0.283. The van der Waals surface area contributed by atoms with Crippen molar-refractivity contribution in [3.8, 4) is 0 Å². The molecule has 1 aromatic heterocycles. The summed E-state index contributed by atoms with van der Waals surface area (Å²) in [6.45, 7) is 0. The van der Waals surface area contributed by atoms with Crippen LogP contribution in [0.2, 0.25) is 0 Å². The number of hydrogen-bond donors (Lipinski definition) is 0. The van der Waals surface area contributed by atoms with Crippen molar-refractivity contribution in [2.75, 3.05) is 14.1 Å². The predicted octanol–water partition coefficient (Wildman–Crippen LogP) is 3.30. The number of rotatable bonds is 2. The van der Waals surface area contributed by atoms with Crippen molar-refractivity contribution in [1.82, 2.24) is 4.31 Å². The van der Waals surface area contributed by atoms with Crippen LogP contribution in [0, 0.1) is 0 Å². The topological polar surface area (TPSA) is 37.4 Å². The van der Waals surface area contributed by atoms with E-state index < -0.39 is 10.0 Å². The summed E-state index contributed by atoms with van der Waals surface area (Å²) >= 11 is 1.68. The van der Waals surface area contributed by atoms with Crippen molar-refractivity contribution >= 4 is 41.5 Å². The van der Waals surface area contributed by atoms with E-state index in [1.807, 2.05) is 24.3 Å². The zero-order valence-corrected chi connectivity index (χ0v) is 12.3. The molecule has 0 atom stereocenters. The first kappa shape index (κ1) is 12.6. The van der Waals surface area contributed by atoms with Gasteiger partial charge in [-0.3, -0.25) is 0 Å². The summed E-state index contributed by atoms with van der Waals surface area (Å²) < 4.78 is 27.9. The number of hydrogen-bond acceptors (Lipinski definition) is 3. The van der Waals surface area contributed by atoms with Gasteiger partial charge in [0.25, 0.3) is 0 Å². The summed E-state index contributed by atoms with van der Waals surface area (Å²) in [5.41, 5.74) is 0. The Labute approximate surface area is 116 Å². The Bertz CT molecular complexity index is 863. The average molecular weight is 291 g/mol. The molecule has 0 fully saturated rings. The third-order valence-electron chi connectivity index (χ3n) is 3.13. The van der Waals surface area contributed by atoms with Gasteiger partial charge in [-0.1, -0.05) is 18.2 Å². The molecule has 0 saturated carbocycles. The fourth-order valence-corrected chi connectivity index (χ4v) is 4.09. The Morgan fingerprint density at radius 2 is 1.63 bits per heavy atom. The zero-order chi connectivity index (χ0) is 13.6. The highest BCUT2D eigenvalue weighted by molar-refractivity contribution is 7.89. The van der Waals surface area contributed by atoms with Crippen molar-refractivity contribution in [2.45, 2.75) is 4.90 Å². The largest absolute Gasteiger partial charge is 0.242 e. The first-order valence-electron chi connectivity index (χ1n) is 5.84. The highest BCUT2D eigenvalue weighted by Crippen LogP contribution is 2.35. The molecule has 0 aliphatic heterocycles. The van der Waals surface area contributed by atoms with Gasteiger partial charge in [0, 0.05) is 34.3 Å². The predicted molar refractivity (Wildman–Crippen MR) is 80.2 cm³/mol. The molecule has 0 amide bonds. The summed E-state index contributed by atoms with van der Waals surface area (Å²) in [5.74, 6) is 0. The van der Waals surface area contributed by atoms with Gasteiger partial charge in [0.1, 0.15) is 0 Å². The second-order valence-electron chi connectivity index (χ2n) is 4.54. The molecule has 0 bridgehead atoms. The van der Waals surface area contributed by atoms with Crippen LogP contribution in [0.4, 0.5) is 0 Å². The minimum atomic E-state index is -3.38. The fraction of sp³-hybridized carbons (Fsp3) is 0.143. The lowest BCUT2D eigenvalue weighted by molar-refractivity contribution is 0.521. The summed E-state index contributed by atoms with van der Waals surface area (Å²) in [4.78, 5) is 0.341. The first-order valence-corrected chi connectivity index (χ1v) is 8.09. The molecule has 3 rings (SSSR count). The van der Waals surface area contributed by atoms with Crippen LogP contribution in [0.3, 0.4) is 0 Å². The molecule has 0 radical (unpaired) electrons. The van der Waals surface area contributed by atoms with Gasteiger partial charge < -0.3 is 0 Å². The van der Waals surface area contributed by atoms with E-state index in [1.165, 1.54) is 9.01 Å². The maximum Gasteiger partial charge on any atom is 0.242 e. The Kier molecular flexibility index (Phi) is 2.85. The molecule has 0 N–H and O–H groups in total.